The van der Waals surface area contributed by atoms with Gasteiger partial charge in [0.1, 0.15) is 0 Å². The van der Waals surface area contributed by atoms with Gasteiger partial charge in [-0.05, 0) is 32.6 Å². The molecule has 1 saturated heterocycles. The molecule has 0 radical (unpaired) electrons. The second kappa shape index (κ2) is 7.66. The van der Waals surface area contributed by atoms with E-state index in [4.69, 9.17) is 0 Å². The number of aromatic carboxylic acids is 1. The van der Waals surface area contributed by atoms with Crippen LogP contribution in [0.15, 0.2) is 0 Å². The first-order chi connectivity index (χ1) is 12.4. The van der Waals surface area contributed by atoms with Crippen LogP contribution in [0.25, 0.3) is 0 Å². The number of carbonyl (C=O) groups is 1. The molecule has 1 aliphatic carbocycles. The molecular weight excluding hydrogens is 356 g/mol. The molecule has 146 valence electrons. The van der Waals surface area contributed by atoms with E-state index in [1.54, 1.807) is 11.2 Å². The van der Waals surface area contributed by atoms with Crippen LogP contribution in [0, 0.1) is 0 Å². The first kappa shape index (κ1) is 19.3. The number of nitrogens with zero attached hydrogens (tertiary/aromatic N) is 4. The maximum atomic E-state index is 12.0. The van der Waals surface area contributed by atoms with Crippen LogP contribution in [0.1, 0.15) is 48.4 Å². The fraction of sp³-hybridized carbons (Fsp3) is 0.765. The summed E-state index contributed by atoms with van der Waals surface area (Å²) in [6, 6.07) is 0.256. The van der Waals surface area contributed by atoms with Crippen LogP contribution in [0.3, 0.4) is 0 Å². The van der Waals surface area contributed by atoms with Gasteiger partial charge in [-0.3, -0.25) is 9.58 Å². The number of piperazine rings is 1. The third-order valence-electron chi connectivity index (χ3n) is 5.51. The molecule has 1 aromatic rings. The summed E-state index contributed by atoms with van der Waals surface area (Å²) in [5.74, 6) is -0.825. The molecule has 0 aromatic carbocycles. The van der Waals surface area contributed by atoms with Gasteiger partial charge in [-0.2, -0.15) is 9.40 Å². The van der Waals surface area contributed by atoms with Crippen LogP contribution in [0.5, 0.6) is 0 Å². The van der Waals surface area contributed by atoms with E-state index in [9.17, 15) is 18.3 Å². The smallest absolute Gasteiger partial charge is 0.356 e. The van der Waals surface area contributed by atoms with Gasteiger partial charge >= 0.3 is 5.97 Å². The fourth-order valence-electron chi connectivity index (χ4n) is 4.08. The van der Waals surface area contributed by atoms with Crippen molar-refractivity contribution < 1.29 is 18.3 Å². The monoisotopic (exact) mass is 384 g/mol. The Bertz CT molecular complexity index is 766. The van der Waals surface area contributed by atoms with Crippen LogP contribution in [-0.4, -0.2) is 76.5 Å². The summed E-state index contributed by atoms with van der Waals surface area (Å²) in [5, 5.41) is 13.8. The van der Waals surface area contributed by atoms with Crippen molar-refractivity contribution in [2.45, 2.75) is 52.1 Å². The lowest BCUT2D eigenvalue weighted by atomic mass is 9.90. The lowest BCUT2D eigenvalue weighted by Crippen LogP contribution is -2.53. The number of aromatic nitrogens is 2. The topological polar surface area (TPSA) is 95.7 Å². The Kier molecular flexibility index (Phi) is 5.69. The highest BCUT2D eigenvalue weighted by Crippen LogP contribution is 2.28. The van der Waals surface area contributed by atoms with Crippen molar-refractivity contribution in [1.29, 1.82) is 0 Å². The second-order valence-corrected chi connectivity index (χ2v) is 9.29. The van der Waals surface area contributed by atoms with E-state index in [1.165, 1.54) is 0 Å². The van der Waals surface area contributed by atoms with E-state index >= 15 is 0 Å². The molecule has 26 heavy (non-hydrogen) atoms. The number of fused-ring (bicyclic) bond motifs is 1. The third-order valence-corrected chi connectivity index (χ3v) is 7.39. The van der Waals surface area contributed by atoms with Gasteiger partial charge in [0.05, 0.1) is 5.75 Å². The predicted octanol–water partition coefficient (Wildman–Crippen LogP) is 0.816. The summed E-state index contributed by atoms with van der Waals surface area (Å²) >= 11 is 0. The zero-order valence-corrected chi connectivity index (χ0v) is 16.3. The van der Waals surface area contributed by atoms with Gasteiger partial charge in [0, 0.05) is 50.0 Å². The molecule has 1 aromatic heterocycles. The Hall–Kier alpha value is -1.45. The van der Waals surface area contributed by atoms with Gasteiger partial charge in [0.25, 0.3) is 0 Å². The normalized spacial score (nSPS) is 22.3. The molecule has 0 saturated carbocycles. The molecule has 9 heteroatoms. The molecule has 1 atom stereocenters. The lowest BCUT2D eigenvalue weighted by Gasteiger charge is -2.40. The summed E-state index contributed by atoms with van der Waals surface area (Å²) in [6.45, 7) is 6.90. The van der Waals surface area contributed by atoms with Crippen molar-refractivity contribution in [3.63, 3.8) is 0 Å². The largest absolute Gasteiger partial charge is 0.476 e. The third kappa shape index (κ3) is 3.65. The van der Waals surface area contributed by atoms with Crippen molar-refractivity contribution in [2.75, 3.05) is 31.9 Å². The number of carboxylic acids is 1. The van der Waals surface area contributed by atoms with Crippen molar-refractivity contribution in [1.82, 2.24) is 19.0 Å². The SMILES string of the molecule is CCCn1nc(C(=O)O)c2c1CCC(N1CCN(S(=O)(=O)CC)CC1)C2. The number of aryl methyl sites for hydroxylation is 1. The lowest BCUT2D eigenvalue weighted by molar-refractivity contribution is 0.0686. The Morgan fingerprint density at radius 2 is 1.92 bits per heavy atom. The first-order valence-electron chi connectivity index (χ1n) is 9.41. The number of hydrogen-bond acceptors (Lipinski definition) is 5. The van der Waals surface area contributed by atoms with Crippen LogP contribution in [0.4, 0.5) is 0 Å². The Morgan fingerprint density at radius 3 is 2.50 bits per heavy atom. The number of carboxylic acid groups (broad SMARTS) is 1. The van der Waals surface area contributed by atoms with E-state index in [1.807, 2.05) is 4.68 Å². The minimum absolute atomic E-state index is 0.137. The van der Waals surface area contributed by atoms with Gasteiger partial charge in [-0.25, -0.2) is 13.2 Å². The van der Waals surface area contributed by atoms with E-state index in [2.05, 4.69) is 16.9 Å². The Labute approximate surface area is 154 Å². The molecule has 2 aliphatic rings. The minimum atomic E-state index is -3.13. The van der Waals surface area contributed by atoms with Gasteiger partial charge in [-0.15, -0.1) is 0 Å². The molecule has 1 fully saturated rings. The van der Waals surface area contributed by atoms with Crippen molar-refractivity contribution in [2.24, 2.45) is 0 Å². The Balaban J connectivity index is 1.72. The van der Waals surface area contributed by atoms with Gasteiger partial charge < -0.3 is 5.11 Å². The summed E-state index contributed by atoms with van der Waals surface area (Å²) in [7, 11) is -3.13. The molecular formula is C17H28N4O4S. The molecule has 2 heterocycles. The van der Waals surface area contributed by atoms with E-state index in [0.29, 0.717) is 32.6 Å². The predicted molar refractivity (Wildman–Crippen MR) is 97.9 cm³/mol. The maximum Gasteiger partial charge on any atom is 0.356 e. The van der Waals surface area contributed by atoms with Crippen molar-refractivity contribution in [3.05, 3.63) is 17.0 Å². The summed E-state index contributed by atoms with van der Waals surface area (Å²) in [4.78, 5) is 13.9. The van der Waals surface area contributed by atoms with Crippen molar-refractivity contribution in [3.8, 4) is 0 Å². The van der Waals surface area contributed by atoms with Gasteiger partial charge in [0.2, 0.25) is 10.0 Å². The van der Waals surface area contributed by atoms with E-state index < -0.39 is 16.0 Å². The standard InChI is InChI=1S/C17H28N4O4S/c1-3-7-21-15-6-5-13(12-14(15)16(18-21)17(22)23)19-8-10-20(11-9-19)26(24,25)4-2/h13H,3-12H2,1-2H3,(H,22,23). The summed E-state index contributed by atoms with van der Waals surface area (Å²) in [6.07, 6.45) is 3.39. The van der Waals surface area contributed by atoms with Crippen LogP contribution < -0.4 is 0 Å². The quantitative estimate of drug-likeness (QED) is 0.780. The summed E-state index contributed by atoms with van der Waals surface area (Å²) < 4.78 is 27.5. The van der Waals surface area contributed by atoms with Crippen molar-refractivity contribution >= 4 is 16.0 Å². The first-order valence-corrected chi connectivity index (χ1v) is 11.0. The molecule has 1 N–H and O–H groups in total. The zero-order chi connectivity index (χ0) is 18.9. The van der Waals surface area contributed by atoms with Gasteiger partial charge in [0.15, 0.2) is 5.69 Å². The van der Waals surface area contributed by atoms with Crippen LogP contribution in [-0.2, 0) is 29.4 Å². The van der Waals surface area contributed by atoms with Crippen LogP contribution in [0.2, 0.25) is 0 Å². The minimum Gasteiger partial charge on any atom is -0.476 e. The average molecular weight is 385 g/mol. The highest BCUT2D eigenvalue weighted by atomic mass is 32.2. The summed E-state index contributed by atoms with van der Waals surface area (Å²) in [5.41, 5.74) is 2.11. The maximum absolute atomic E-state index is 12.0. The molecule has 8 nitrogen and oxygen atoms in total. The number of sulfonamides is 1. The Morgan fingerprint density at radius 1 is 1.23 bits per heavy atom. The molecule has 1 unspecified atom stereocenters. The number of rotatable bonds is 6. The molecule has 1 aliphatic heterocycles. The second-order valence-electron chi connectivity index (χ2n) is 7.03. The molecule has 0 amide bonds. The van der Waals surface area contributed by atoms with E-state index in [0.717, 1.165) is 37.1 Å². The highest BCUT2D eigenvalue weighted by Gasteiger charge is 2.34. The fourth-order valence-corrected chi connectivity index (χ4v) is 5.16. The molecule has 0 bridgehead atoms. The van der Waals surface area contributed by atoms with Crippen LogP contribution >= 0.6 is 0 Å². The average Bonchev–Trinajstić information content (AvgIpc) is 3.00. The highest BCUT2D eigenvalue weighted by molar-refractivity contribution is 7.89. The number of hydrogen-bond donors (Lipinski definition) is 1. The molecule has 3 rings (SSSR count). The van der Waals surface area contributed by atoms with Gasteiger partial charge in [-0.1, -0.05) is 6.92 Å². The van der Waals surface area contributed by atoms with E-state index in [-0.39, 0.29) is 17.5 Å². The molecule has 0 spiro atoms. The zero-order valence-electron chi connectivity index (χ0n) is 15.5.